The lowest BCUT2D eigenvalue weighted by molar-refractivity contribution is 0.0697. The monoisotopic (exact) mass is 347 g/mol. The van der Waals surface area contributed by atoms with Crippen molar-refractivity contribution in [3.63, 3.8) is 0 Å². The van der Waals surface area contributed by atoms with Gasteiger partial charge in [-0.05, 0) is 38.5 Å². The fraction of sp³-hybridized carbons (Fsp3) is 0.190. The van der Waals surface area contributed by atoms with Crippen LogP contribution in [0.2, 0.25) is 0 Å². The highest BCUT2D eigenvalue weighted by Gasteiger charge is 2.20. The van der Waals surface area contributed by atoms with Crippen molar-refractivity contribution in [1.82, 2.24) is 9.97 Å². The summed E-state index contributed by atoms with van der Waals surface area (Å²) < 4.78 is 0. The van der Waals surface area contributed by atoms with Gasteiger partial charge in [0.25, 0.3) is 0 Å². The Morgan fingerprint density at radius 1 is 1.08 bits per heavy atom. The lowest BCUT2D eigenvalue weighted by Gasteiger charge is -2.24. The Bertz CT molecular complexity index is 936. The molecule has 0 radical (unpaired) electrons. The number of aryl methyl sites for hydroxylation is 2. The van der Waals surface area contributed by atoms with E-state index in [1.165, 1.54) is 6.20 Å². The average molecular weight is 347 g/mol. The van der Waals surface area contributed by atoms with Gasteiger partial charge in [0.05, 0.1) is 0 Å². The number of aromatic nitrogens is 2. The summed E-state index contributed by atoms with van der Waals surface area (Å²) in [6.45, 7) is 6.59. The Labute approximate surface area is 153 Å². The molecule has 5 nitrogen and oxygen atoms in total. The maximum Gasteiger partial charge on any atom is 0.341 e. The van der Waals surface area contributed by atoms with Crippen molar-refractivity contribution in [3.8, 4) is 11.4 Å². The number of hydrogen-bond acceptors (Lipinski definition) is 4. The standard InChI is InChI=1S/C21H21N3O2/c1-4-24(17-7-5-6-15(3)12-17)20-18(21(25)26)13-22-19(23-20)16-10-8-14(2)9-11-16/h5-13H,4H2,1-3H3,(H,25,26). The fourth-order valence-corrected chi connectivity index (χ4v) is 2.82. The molecule has 132 valence electrons. The maximum atomic E-state index is 11.7. The second-order valence-electron chi connectivity index (χ2n) is 6.19. The Morgan fingerprint density at radius 3 is 2.42 bits per heavy atom. The number of hydrogen-bond donors (Lipinski definition) is 1. The molecular formula is C21H21N3O2. The van der Waals surface area contributed by atoms with Gasteiger partial charge in [0.1, 0.15) is 5.56 Å². The minimum Gasteiger partial charge on any atom is -0.477 e. The van der Waals surface area contributed by atoms with E-state index in [-0.39, 0.29) is 5.56 Å². The van der Waals surface area contributed by atoms with Crippen molar-refractivity contribution < 1.29 is 9.90 Å². The van der Waals surface area contributed by atoms with Crippen molar-refractivity contribution in [2.24, 2.45) is 0 Å². The van der Waals surface area contributed by atoms with Crippen LogP contribution in [0, 0.1) is 13.8 Å². The molecule has 1 aromatic heterocycles. The number of nitrogens with zero attached hydrogens (tertiary/aromatic N) is 3. The van der Waals surface area contributed by atoms with Crippen LogP contribution in [0.15, 0.2) is 54.7 Å². The molecule has 5 heteroatoms. The van der Waals surface area contributed by atoms with Gasteiger partial charge in [-0.15, -0.1) is 0 Å². The van der Waals surface area contributed by atoms with Crippen molar-refractivity contribution in [3.05, 3.63) is 71.4 Å². The van der Waals surface area contributed by atoms with Crippen LogP contribution in [0.4, 0.5) is 11.5 Å². The van der Waals surface area contributed by atoms with E-state index in [4.69, 9.17) is 0 Å². The highest BCUT2D eigenvalue weighted by Crippen LogP contribution is 2.29. The van der Waals surface area contributed by atoms with Crippen LogP contribution < -0.4 is 4.90 Å². The molecular weight excluding hydrogens is 326 g/mol. The highest BCUT2D eigenvalue weighted by molar-refractivity contribution is 5.94. The Kier molecular flexibility index (Phi) is 4.98. The second-order valence-corrected chi connectivity index (χ2v) is 6.19. The summed E-state index contributed by atoms with van der Waals surface area (Å²) in [5.41, 5.74) is 4.10. The first-order valence-corrected chi connectivity index (χ1v) is 8.51. The van der Waals surface area contributed by atoms with Crippen molar-refractivity contribution in [2.45, 2.75) is 20.8 Å². The second kappa shape index (κ2) is 7.35. The van der Waals surface area contributed by atoms with Crippen molar-refractivity contribution in [1.29, 1.82) is 0 Å². The quantitative estimate of drug-likeness (QED) is 0.730. The zero-order valence-corrected chi connectivity index (χ0v) is 15.1. The van der Waals surface area contributed by atoms with Crippen LogP contribution in [0.5, 0.6) is 0 Å². The zero-order valence-electron chi connectivity index (χ0n) is 15.1. The van der Waals surface area contributed by atoms with Crippen molar-refractivity contribution in [2.75, 3.05) is 11.4 Å². The Balaban J connectivity index is 2.14. The predicted molar refractivity (Wildman–Crippen MR) is 103 cm³/mol. The third-order valence-corrected chi connectivity index (χ3v) is 4.19. The van der Waals surface area contributed by atoms with E-state index >= 15 is 0 Å². The molecule has 1 heterocycles. The molecule has 26 heavy (non-hydrogen) atoms. The van der Waals surface area contributed by atoms with Crippen LogP contribution in [-0.2, 0) is 0 Å². The van der Waals surface area contributed by atoms with E-state index in [0.717, 1.165) is 22.4 Å². The van der Waals surface area contributed by atoms with Gasteiger partial charge in [0.15, 0.2) is 11.6 Å². The molecule has 0 fully saturated rings. The van der Waals surface area contributed by atoms with Crippen LogP contribution in [0.25, 0.3) is 11.4 Å². The van der Waals surface area contributed by atoms with E-state index < -0.39 is 5.97 Å². The van der Waals surface area contributed by atoms with Gasteiger partial charge < -0.3 is 10.0 Å². The largest absolute Gasteiger partial charge is 0.477 e. The molecule has 0 bridgehead atoms. The number of benzene rings is 2. The van der Waals surface area contributed by atoms with Crippen LogP contribution in [0.3, 0.4) is 0 Å². The molecule has 0 aliphatic carbocycles. The van der Waals surface area contributed by atoms with Gasteiger partial charge in [0, 0.05) is 24.0 Å². The van der Waals surface area contributed by atoms with E-state index in [9.17, 15) is 9.90 Å². The molecule has 0 amide bonds. The Morgan fingerprint density at radius 2 is 1.81 bits per heavy atom. The summed E-state index contributed by atoms with van der Waals surface area (Å²) in [6, 6.07) is 15.8. The first-order valence-electron chi connectivity index (χ1n) is 8.51. The Hall–Kier alpha value is -3.21. The maximum absolute atomic E-state index is 11.7. The van der Waals surface area contributed by atoms with E-state index in [2.05, 4.69) is 9.97 Å². The molecule has 2 aromatic carbocycles. The topological polar surface area (TPSA) is 66.3 Å². The molecule has 0 atom stereocenters. The molecule has 0 saturated heterocycles. The fourth-order valence-electron chi connectivity index (χ4n) is 2.82. The van der Waals surface area contributed by atoms with Gasteiger partial charge in [0.2, 0.25) is 0 Å². The molecule has 0 unspecified atom stereocenters. The molecule has 0 saturated carbocycles. The predicted octanol–water partition coefficient (Wildman–Crippen LogP) is 4.62. The van der Waals surface area contributed by atoms with Crippen LogP contribution >= 0.6 is 0 Å². The SMILES string of the molecule is CCN(c1cccc(C)c1)c1nc(-c2ccc(C)cc2)ncc1C(=O)O. The average Bonchev–Trinajstić information content (AvgIpc) is 2.63. The van der Waals surface area contributed by atoms with Crippen LogP contribution in [0.1, 0.15) is 28.4 Å². The third-order valence-electron chi connectivity index (χ3n) is 4.19. The van der Waals surface area contributed by atoms with E-state index in [0.29, 0.717) is 18.2 Å². The molecule has 0 aliphatic rings. The smallest absolute Gasteiger partial charge is 0.341 e. The van der Waals surface area contributed by atoms with E-state index in [1.807, 2.05) is 74.2 Å². The minimum atomic E-state index is -1.04. The lowest BCUT2D eigenvalue weighted by Crippen LogP contribution is -2.21. The lowest BCUT2D eigenvalue weighted by atomic mass is 10.1. The van der Waals surface area contributed by atoms with Crippen molar-refractivity contribution >= 4 is 17.5 Å². The van der Waals surface area contributed by atoms with Gasteiger partial charge in [-0.25, -0.2) is 14.8 Å². The minimum absolute atomic E-state index is 0.0872. The number of aromatic carboxylic acids is 1. The van der Waals surface area contributed by atoms with Crippen LogP contribution in [-0.4, -0.2) is 27.6 Å². The van der Waals surface area contributed by atoms with E-state index in [1.54, 1.807) is 0 Å². The molecule has 3 aromatic rings. The summed E-state index contributed by atoms with van der Waals surface area (Å²) in [6.07, 6.45) is 1.39. The normalized spacial score (nSPS) is 10.6. The molecule has 3 rings (SSSR count). The number of carboxylic acid groups (broad SMARTS) is 1. The number of carbonyl (C=O) groups is 1. The summed E-state index contributed by atoms with van der Waals surface area (Å²) in [5.74, 6) is -0.131. The summed E-state index contributed by atoms with van der Waals surface area (Å²) in [5, 5.41) is 9.60. The van der Waals surface area contributed by atoms with Gasteiger partial charge >= 0.3 is 5.97 Å². The molecule has 1 N–H and O–H groups in total. The summed E-state index contributed by atoms with van der Waals surface area (Å²) in [7, 11) is 0. The molecule has 0 spiro atoms. The number of anilines is 2. The highest BCUT2D eigenvalue weighted by atomic mass is 16.4. The number of carboxylic acids is 1. The van der Waals surface area contributed by atoms with Gasteiger partial charge in [-0.1, -0.05) is 42.0 Å². The third kappa shape index (κ3) is 3.57. The number of rotatable bonds is 5. The van der Waals surface area contributed by atoms with Gasteiger partial charge in [-0.2, -0.15) is 0 Å². The van der Waals surface area contributed by atoms with Gasteiger partial charge in [-0.3, -0.25) is 0 Å². The molecule has 0 aliphatic heterocycles. The summed E-state index contributed by atoms with van der Waals surface area (Å²) >= 11 is 0. The zero-order chi connectivity index (χ0) is 18.7. The first-order chi connectivity index (χ1) is 12.5. The first kappa shape index (κ1) is 17.6. The summed E-state index contributed by atoms with van der Waals surface area (Å²) in [4.78, 5) is 22.5.